The predicted molar refractivity (Wildman–Crippen MR) is 120 cm³/mol. The number of rotatable bonds is 8. The minimum atomic E-state index is -0.625. The van der Waals surface area contributed by atoms with Crippen LogP contribution in [0.5, 0.6) is 5.75 Å². The zero-order valence-electron chi connectivity index (χ0n) is 18.3. The van der Waals surface area contributed by atoms with Gasteiger partial charge in [-0.25, -0.2) is 9.59 Å². The Balaban J connectivity index is 1.97. The molecule has 2 amide bonds. The number of hydrogen-bond donors (Lipinski definition) is 2. The van der Waals surface area contributed by atoms with Gasteiger partial charge in [0.1, 0.15) is 5.75 Å². The van der Waals surface area contributed by atoms with Crippen molar-refractivity contribution in [3.05, 3.63) is 71.4 Å². The van der Waals surface area contributed by atoms with Crippen molar-refractivity contribution in [3.8, 4) is 5.75 Å². The van der Waals surface area contributed by atoms with Crippen molar-refractivity contribution in [3.63, 3.8) is 0 Å². The summed E-state index contributed by atoms with van der Waals surface area (Å²) < 4.78 is 11.0. The number of carbonyl (C=O) groups excluding carboxylic acids is 2. The number of para-hydroxylation sites is 1. The van der Waals surface area contributed by atoms with Gasteiger partial charge in [-0.1, -0.05) is 30.3 Å². The summed E-state index contributed by atoms with van der Waals surface area (Å²) >= 11 is 0. The van der Waals surface area contributed by atoms with E-state index in [1.165, 1.54) is 0 Å². The molecule has 0 saturated heterocycles. The molecule has 1 aliphatic rings. The lowest BCUT2D eigenvalue weighted by Crippen LogP contribution is -2.48. The summed E-state index contributed by atoms with van der Waals surface area (Å²) in [5.74, 6) is 0.267. The van der Waals surface area contributed by atoms with Crippen molar-refractivity contribution >= 4 is 17.7 Å². The topological polar surface area (TPSA) is 79.9 Å². The maximum absolute atomic E-state index is 12.9. The van der Waals surface area contributed by atoms with Gasteiger partial charge in [-0.15, -0.1) is 0 Å². The Morgan fingerprint density at radius 3 is 2.39 bits per heavy atom. The molecule has 164 valence electrons. The van der Waals surface area contributed by atoms with E-state index < -0.39 is 12.0 Å². The van der Waals surface area contributed by atoms with Gasteiger partial charge in [0.2, 0.25) is 0 Å². The number of anilines is 1. The summed E-state index contributed by atoms with van der Waals surface area (Å²) in [7, 11) is 1.91. The van der Waals surface area contributed by atoms with Crippen LogP contribution in [-0.2, 0) is 9.53 Å². The van der Waals surface area contributed by atoms with Crippen molar-refractivity contribution in [1.82, 2.24) is 10.6 Å². The summed E-state index contributed by atoms with van der Waals surface area (Å²) in [6, 6.07) is 16.2. The molecule has 2 aromatic carbocycles. The molecule has 0 bridgehead atoms. The molecule has 0 saturated carbocycles. The number of likely N-dealkylation sites (N-methyl/N-ethyl adjacent to an activating group) is 1. The van der Waals surface area contributed by atoms with E-state index in [2.05, 4.69) is 10.6 Å². The first-order chi connectivity index (χ1) is 14.9. The van der Waals surface area contributed by atoms with E-state index in [-0.39, 0.29) is 18.7 Å². The molecule has 0 radical (unpaired) electrons. The molecule has 2 aromatic rings. The highest BCUT2D eigenvalue weighted by atomic mass is 16.5. The van der Waals surface area contributed by atoms with Gasteiger partial charge >= 0.3 is 12.0 Å². The van der Waals surface area contributed by atoms with Crippen LogP contribution in [0, 0.1) is 0 Å². The first-order valence-corrected chi connectivity index (χ1v) is 10.4. The van der Waals surface area contributed by atoms with Crippen LogP contribution in [0.2, 0.25) is 0 Å². The summed E-state index contributed by atoms with van der Waals surface area (Å²) in [6.07, 6.45) is 0.0551. The van der Waals surface area contributed by atoms with Gasteiger partial charge in [-0.3, -0.25) is 0 Å². The summed E-state index contributed by atoms with van der Waals surface area (Å²) in [5.41, 5.74) is 2.65. The zero-order valence-corrected chi connectivity index (χ0v) is 18.3. The lowest BCUT2D eigenvalue weighted by Gasteiger charge is -2.31. The van der Waals surface area contributed by atoms with Crippen LogP contribution < -0.4 is 20.3 Å². The Bertz CT molecular complexity index is 939. The maximum atomic E-state index is 12.9. The highest BCUT2D eigenvalue weighted by molar-refractivity contribution is 5.95. The Labute approximate surface area is 183 Å². The quantitative estimate of drug-likeness (QED) is 0.632. The van der Waals surface area contributed by atoms with Crippen LogP contribution in [0.1, 0.15) is 32.4 Å². The average molecular weight is 424 g/mol. The number of ether oxygens (including phenoxy) is 2. The third-order valence-corrected chi connectivity index (χ3v) is 4.83. The van der Waals surface area contributed by atoms with Crippen molar-refractivity contribution < 1.29 is 19.1 Å². The first kappa shape index (κ1) is 22.2. The number of amides is 2. The number of nitrogens with zero attached hydrogens (tertiary/aromatic N) is 1. The summed E-state index contributed by atoms with van der Waals surface area (Å²) in [6.45, 7) is 6.26. The third-order valence-electron chi connectivity index (χ3n) is 4.83. The molecule has 7 nitrogen and oxygen atoms in total. The summed E-state index contributed by atoms with van der Waals surface area (Å²) in [4.78, 5) is 27.3. The van der Waals surface area contributed by atoms with Crippen LogP contribution >= 0.6 is 0 Å². The number of nitrogens with one attached hydrogen (secondary N) is 2. The molecule has 31 heavy (non-hydrogen) atoms. The van der Waals surface area contributed by atoms with E-state index >= 15 is 0 Å². The van der Waals surface area contributed by atoms with Gasteiger partial charge in [-0.2, -0.15) is 0 Å². The fraction of sp³-hybridized carbons (Fsp3) is 0.333. The van der Waals surface area contributed by atoms with Gasteiger partial charge in [0.25, 0.3) is 0 Å². The van der Waals surface area contributed by atoms with E-state index in [1.807, 2.05) is 80.4 Å². The number of carbonyl (C=O) groups is 2. The Morgan fingerprint density at radius 1 is 1.10 bits per heavy atom. The SMILES string of the molecule is CCOC(=O)C1=C(CN(C)c2ccccc2)NC(=O)NC1c1ccc(OC(C)C)cc1. The molecule has 1 heterocycles. The number of esters is 1. The molecule has 1 aliphatic heterocycles. The van der Waals surface area contributed by atoms with Crippen LogP contribution in [0.25, 0.3) is 0 Å². The fourth-order valence-electron chi connectivity index (χ4n) is 3.46. The van der Waals surface area contributed by atoms with Crippen LogP contribution in [0.3, 0.4) is 0 Å². The van der Waals surface area contributed by atoms with Crippen LogP contribution in [0.4, 0.5) is 10.5 Å². The Kier molecular flexibility index (Phi) is 7.18. The Hall–Kier alpha value is -3.48. The third kappa shape index (κ3) is 5.57. The predicted octanol–water partition coefficient (Wildman–Crippen LogP) is 3.78. The van der Waals surface area contributed by atoms with E-state index in [9.17, 15) is 9.59 Å². The minimum absolute atomic E-state index is 0.0551. The second kappa shape index (κ2) is 10.0. The summed E-state index contributed by atoms with van der Waals surface area (Å²) in [5, 5.41) is 5.66. The largest absolute Gasteiger partial charge is 0.491 e. The fourth-order valence-corrected chi connectivity index (χ4v) is 3.46. The lowest BCUT2D eigenvalue weighted by atomic mass is 9.95. The maximum Gasteiger partial charge on any atom is 0.338 e. The van der Waals surface area contributed by atoms with Crippen molar-refractivity contribution in [2.24, 2.45) is 0 Å². The van der Waals surface area contributed by atoms with Gasteiger partial charge in [0.05, 0.1) is 36.6 Å². The van der Waals surface area contributed by atoms with E-state index in [1.54, 1.807) is 6.92 Å². The number of urea groups is 1. The van der Waals surface area contributed by atoms with E-state index in [4.69, 9.17) is 9.47 Å². The van der Waals surface area contributed by atoms with Gasteiger partial charge in [0, 0.05) is 12.7 Å². The average Bonchev–Trinajstić information content (AvgIpc) is 2.74. The molecule has 1 unspecified atom stereocenters. The molecular weight excluding hydrogens is 394 g/mol. The second-order valence-corrected chi connectivity index (χ2v) is 7.57. The van der Waals surface area contributed by atoms with Gasteiger partial charge in [0.15, 0.2) is 0 Å². The molecule has 0 fully saturated rings. The van der Waals surface area contributed by atoms with Crippen molar-refractivity contribution in [2.75, 3.05) is 25.1 Å². The van der Waals surface area contributed by atoms with E-state index in [0.717, 1.165) is 17.0 Å². The smallest absolute Gasteiger partial charge is 0.338 e. The lowest BCUT2D eigenvalue weighted by molar-refractivity contribution is -0.139. The van der Waals surface area contributed by atoms with Crippen LogP contribution in [0.15, 0.2) is 65.9 Å². The van der Waals surface area contributed by atoms with Gasteiger partial charge in [-0.05, 0) is 50.6 Å². The van der Waals surface area contributed by atoms with E-state index in [0.29, 0.717) is 17.8 Å². The number of benzene rings is 2. The molecule has 1 atom stereocenters. The molecule has 3 rings (SSSR count). The zero-order chi connectivity index (χ0) is 22.4. The normalized spacial score (nSPS) is 15.9. The van der Waals surface area contributed by atoms with Crippen LogP contribution in [-0.4, -0.2) is 38.3 Å². The molecular formula is C24H29N3O4. The van der Waals surface area contributed by atoms with Crippen molar-refractivity contribution in [2.45, 2.75) is 32.9 Å². The number of hydrogen-bond acceptors (Lipinski definition) is 5. The molecule has 0 aliphatic carbocycles. The Morgan fingerprint density at radius 2 is 1.77 bits per heavy atom. The first-order valence-electron chi connectivity index (χ1n) is 10.4. The second-order valence-electron chi connectivity index (χ2n) is 7.57. The molecule has 2 N–H and O–H groups in total. The van der Waals surface area contributed by atoms with Crippen molar-refractivity contribution in [1.29, 1.82) is 0 Å². The molecule has 0 spiro atoms. The standard InChI is InChI=1S/C24H29N3O4/c1-5-30-23(28)21-20(15-27(4)18-9-7-6-8-10-18)25-24(29)26-22(21)17-11-13-19(14-12-17)31-16(2)3/h6-14,16,22H,5,15H2,1-4H3,(H2,25,26,29). The highest BCUT2D eigenvalue weighted by Gasteiger charge is 2.34. The highest BCUT2D eigenvalue weighted by Crippen LogP contribution is 2.30. The minimum Gasteiger partial charge on any atom is -0.491 e. The van der Waals surface area contributed by atoms with Gasteiger partial charge < -0.3 is 25.0 Å². The monoisotopic (exact) mass is 423 g/mol. The molecule has 7 heteroatoms. The molecule has 0 aromatic heterocycles.